The predicted molar refractivity (Wildman–Crippen MR) is 230 cm³/mol. The van der Waals surface area contributed by atoms with E-state index in [0.29, 0.717) is 0 Å². The minimum atomic E-state index is 0.773. The van der Waals surface area contributed by atoms with E-state index in [0.717, 1.165) is 44.9 Å². The first-order valence-electron chi connectivity index (χ1n) is 18.1. The van der Waals surface area contributed by atoms with Crippen molar-refractivity contribution in [3.8, 4) is 11.5 Å². The molecule has 0 saturated heterocycles. The molecular weight excluding hydrogens is 657 g/mol. The second-order valence-electron chi connectivity index (χ2n) is 12.9. The van der Waals surface area contributed by atoms with E-state index in [1.165, 1.54) is 33.4 Å². The van der Waals surface area contributed by atoms with Gasteiger partial charge in [0.05, 0.1) is 14.2 Å². The van der Waals surface area contributed by atoms with Crippen LogP contribution in [0, 0.1) is 0 Å². The molecule has 0 saturated carbocycles. The van der Waals surface area contributed by atoms with Crippen molar-refractivity contribution in [3.63, 3.8) is 0 Å². The van der Waals surface area contributed by atoms with E-state index in [-0.39, 0.29) is 0 Å². The zero-order valence-corrected chi connectivity index (χ0v) is 30.6. The molecule has 7 aromatic carbocycles. The maximum Gasteiger partial charge on any atom is 0.126 e. The van der Waals surface area contributed by atoms with Gasteiger partial charge in [-0.05, 0) is 79.9 Å². The van der Waals surface area contributed by atoms with Crippen LogP contribution in [0.15, 0.2) is 182 Å². The number of hydrogen-bond donors (Lipinski definition) is 0. The minimum Gasteiger partial charge on any atom is -0.496 e. The summed E-state index contributed by atoms with van der Waals surface area (Å²) >= 11 is 0. The van der Waals surface area contributed by atoms with Crippen molar-refractivity contribution < 1.29 is 9.47 Å². The number of benzene rings is 7. The maximum absolute atomic E-state index is 5.86. The van der Waals surface area contributed by atoms with Crippen molar-refractivity contribution in [3.05, 3.63) is 238 Å². The molecule has 0 amide bonds. The lowest BCUT2D eigenvalue weighted by atomic mass is 9.95. The molecule has 262 valence electrons. The van der Waals surface area contributed by atoms with E-state index in [4.69, 9.17) is 9.47 Å². The van der Waals surface area contributed by atoms with E-state index in [1.54, 1.807) is 14.2 Å². The summed E-state index contributed by atoms with van der Waals surface area (Å²) in [6, 6.07) is 63.4. The van der Waals surface area contributed by atoms with E-state index < -0.39 is 0 Å². The number of methoxy groups -OCH3 is 2. The standard InChI is InChI=1S/C52H42O2/c1-53-51-37-48(34-28-40-25-31-46(32-26-40)50(44-21-13-6-14-22-44)36-42-17-9-4-10-18-42)52(54-2)38-47(51)33-27-39-23-29-45(30-24-39)49(43-19-11-5-12-20-43)35-41-15-7-3-8-16-41/h3-38H,1-2H3/b33-27+,34-28+,49-35+,50-36+. The summed E-state index contributed by atoms with van der Waals surface area (Å²) in [5.74, 6) is 1.55. The van der Waals surface area contributed by atoms with Crippen LogP contribution in [0.3, 0.4) is 0 Å². The Morgan fingerprint density at radius 3 is 0.981 bits per heavy atom. The fraction of sp³-hybridized carbons (Fsp3) is 0.0385. The Bertz CT molecular complexity index is 2210. The van der Waals surface area contributed by atoms with E-state index in [2.05, 4.69) is 194 Å². The van der Waals surface area contributed by atoms with Crippen LogP contribution in [-0.2, 0) is 0 Å². The first-order valence-corrected chi connectivity index (χ1v) is 18.1. The first-order chi connectivity index (χ1) is 26.7. The molecule has 0 atom stereocenters. The summed E-state index contributed by atoms with van der Waals surface area (Å²) in [6.45, 7) is 0. The Morgan fingerprint density at radius 2 is 0.648 bits per heavy atom. The Morgan fingerprint density at radius 1 is 0.333 bits per heavy atom. The average Bonchev–Trinajstić information content (AvgIpc) is 3.25. The van der Waals surface area contributed by atoms with Gasteiger partial charge < -0.3 is 9.47 Å². The van der Waals surface area contributed by atoms with Crippen LogP contribution in [0.4, 0.5) is 0 Å². The van der Waals surface area contributed by atoms with Gasteiger partial charge in [-0.2, -0.15) is 0 Å². The van der Waals surface area contributed by atoms with Crippen molar-refractivity contribution >= 4 is 47.6 Å². The van der Waals surface area contributed by atoms with E-state index >= 15 is 0 Å². The van der Waals surface area contributed by atoms with E-state index in [1.807, 2.05) is 24.3 Å². The van der Waals surface area contributed by atoms with Crippen LogP contribution in [0.25, 0.3) is 47.6 Å². The minimum absolute atomic E-state index is 0.773. The van der Waals surface area contributed by atoms with E-state index in [9.17, 15) is 0 Å². The van der Waals surface area contributed by atoms with Gasteiger partial charge in [-0.1, -0.05) is 194 Å². The van der Waals surface area contributed by atoms with Gasteiger partial charge in [0.2, 0.25) is 0 Å². The molecule has 7 rings (SSSR count). The van der Waals surface area contributed by atoms with Crippen LogP contribution < -0.4 is 9.47 Å². The molecule has 0 bridgehead atoms. The summed E-state index contributed by atoms with van der Waals surface area (Å²) in [5.41, 5.74) is 13.4. The summed E-state index contributed by atoms with van der Waals surface area (Å²) < 4.78 is 11.7. The molecule has 0 aliphatic carbocycles. The third kappa shape index (κ3) is 8.93. The highest BCUT2D eigenvalue weighted by molar-refractivity contribution is 5.93. The van der Waals surface area contributed by atoms with Gasteiger partial charge in [0.25, 0.3) is 0 Å². The Balaban J connectivity index is 1.10. The van der Waals surface area contributed by atoms with Crippen molar-refractivity contribution in [2.24, 2.45) is 0 Å². The number of rotatable bonds is 12. The van der Waals surface area contributed by atoms with Gasteiger partial charge in [0.15, 0.2) is 0 Å². The molecule has 0 radical (unpaired) electrons. The van der Waals surface area contributed by atoms with Crippen LogP contribution >= 0.6 is 0 Å². The molecule has 0 heterocycles. The third-order valence-corrected chi connectivity index (χ3v) is 9.33. The molecule has 2 nitrogen and oxygen atoms in total. The smallest absolute Gasteiger partial charge is 0.126 e. The van der Waals surface area contributed by atoms with Gasteiger partial charge in [-0.15, -0.1) is 0 Å². The number of ether oxygens (including phenoxy) is 2. The predicted octanol–water partition coefficient (Wildman–Crippen LogP) is 13.2. The fourth-order valence-corrected chi connectivity index (χ4v) is 6.46. The van der Waals surface area contributed by atoms with Crippen molar-refractivity contribution in [2.75, 3.05) is 14.2 Å². The maximum atomic E-state index is 5.86. The normalized spacial score (nSPS) is 12.0. The zero-order chi connectivity index (χ0) is 37.0. The number of hydrogen-bond acceptors (Lipinski definition) is 2. The lowest BCUT2D eigenvalue weighted by molar-refractivity contribution is 0.401. The highest BCUT2D eigenvalue weighted by Gasteiger charge is 2.10. The molecule has 2 heteroatoms. The molecule has 0 aliphatic rings. The van der Waals surface area contributed by atoms with Crippen molar-refractivity contribution in [1.82, 2.24) is 0 Å². The average molecular weight is 699 g/mol. The molecule has 0 spiro atoms. The highest BCUT2D eigenvalue weighted by atomic mass is 16.5. The Hall–Kier alpha value is -6.90. The second-order valence-corrected chi connectivity index (χ2v) is 12.9. The first kappa shape index (κ1) is 35.5. The summed E-state index contributed by atoms with van der Waals surface area (Å²) in [7, 11) is 3.41. The molecule has 0 aromatic heterocycles. The third-order valence-electron chi connectivity index (χ3n) is 9.33. The molecule has 0 aliphatic heterocycles. The monoisotopic (exact) mass is 698 g/mol. The molecule has 0 N–H and O–H groups in total. The molecule has 0 fully saturated rings. The Labute approximate surface area is 319 Å². The van der Waals surface area contributed by atoms with Crippen LogP contribution in [0.5, 0.6) is 11.5 Å². The van der Waals surface area contributed by atoms with Gasteiger partial charge in [0, 0.05) is 11.1 Å². The van der Waals surface area contributed by atoms with Gasteiger partial charge in [-0.3, -0.25) is 0 Å². The van der Waals surface area contributed by atoms with Crippen molar-refractivity contribution in [1.29, 1.82) is 0 Å². The summed E-state index contributed by atoms with van der Waals surface area (Å²) in [4.78, 5) is 0. The second kappa shape index (κ2) is 17.5. The van der Waals surface area contributed by atoms with Gasteiger partial charge in [0.1, 0.15) is 11.5 Å². The van der Waals surface area contributed by atoms with Crippen LogP contribution in [-0.4, -0.2) is 14.2 Å². The van der Waals surface area contributed by atoms with Gasteiger partial charge in [-0.25, -0.2) is 0 Å². The quantitative estimate of drug-likeness (QED) is 0.118. The fourth-order valence-electron chi connectivity index (χ4n) is 6.46. The molecule has 0 unspecified atom stereocenters. The summed E-state index contributed by atoms with van der Waals surface area (Å²) in [6.07, 6.45) is 12.9. The Kier molecular flexibility index (Phi) is 11.5. The van der Waals surface area contributed by atoms with Crippen LogP contribution in [0.1, 0.15) is 55.6 Å². The largest absolute Gasteiger partial charge is 0.496 e. The highest BCUT2D eigenvalue weighted by Crippen LogP contribution is 2.33. The topological polar surface area (TPSA) is 18.5 Å². The van der Waals surface area contributed by atoms with Gasteiger partial charge >= 0.3 is 0 Å². The van der Waals surface area contributed by atoms with Crippen molar-refractivity contribution in [2.45, 2.75) is 0 Å². The molecule has 7 aromatic rings. The lowest BCUT2D eigenvalue weighted by Crippen LogP contribution is -1.93. The summed E-state index contributed by atoms with van der Waals surface area (Å²) in [5, 5.41) is 0. The molecule has 54 heavy (non-hydrogen) atoms. The lowest BCUT2D eigenvalue weighted by Gasteiger charge is -2.12. The zero-order valence-electron chi connectivity index (χ0n) is 30.6. The SMILES string of the molecule is COc1cc(/C=C/c2ccc(/C(=C/c3ccccc3)c3ccccc3)cc2)c(OC)cc1/C=C/c1ccc(/C(=C/c2ccccc2)c2ccccc2)cc1. The molecular formula is C52H42O2. The van der Waals surface area contributed by atoms with Crippen LogP contribution in [0.2, 0.25) is 0 Å².